The summed E-state index contributed by atoms with van der Waals surface area (Å²) in [6.07, 6.45) is 7.30. The quantitative estimate of drug-likeness (QED) is 0.473. The summed E-state index contributed by atoms with van der Waals surface area (Å²) in [5.74, 6) is 1.25. The summed E-state index contributed by atoms with van der Waals surface area (Å²) < 4.78 is 17.8. The van der Waals surface area contributed by atoms with Gasteiger partial charge >= 0.3 is 12.1 Å². The van der Waals surface area contributed by atoms with E-state index in [1.165, 1.54) is 32.1 Å². The van der Waals surface area contributed by atoms with Gasteiger partial charge in [0.05, 0.1) is 0 Å². The van der Waals surface area contributed by atoms with Crippen LogP contribution in [-0.4, -0.2) is 115 Å². The Morgan fingerprint density at radius 2 is 1.62 bits per heavy atom. The first-order chi connectivity index (χ1) is 23.4. The van der Waals surface area contributed by atoms with Crippen LogP contribution in [0.1, 0.15) is 61.6 Å². The maximum Gasteiger partial charge on any atom is 0.410 e. The molecule has 0 aromatic heterocycles. The van der Waals surface area contributed by atoms with Crippen LogP contribution >= 0.6 is 0 Å². The van der Waals surface area contributed by atoms with Crippen LogP contribution in [-0.2, 0) is 22.4 Å². The van der Waals surface area contributed by atoms with E-state index >= 15 is 0 Å². The summed E-state index contributed by atoms with van der Waals surface area (Å²) in [4.78, 5) is 48.9. The number of urea groups is 1. The molecule has 2 aromatic rings. The smallest absolute Gasteiger partial charge is 0.410 e. The van der Waals surface area contributed by atoms with Crippen LogP contribution in [0.3, 0.4) is 0 Å². The third-order valence-electron chi connectivity index (χ3n) is 10.8. The van der Waals surface area contributed by atoms with Gasteiger partial charge in [-0.2, -0.15) is 0 Å². The number of anilines is 1. The predicted molar refractivity (Wildman–Crippen MR) is 182 cm³/mol. The van der Waals surface area contributed by atoms with Crippen molar-refractivity contribution >= 4 is 23.7 Å². The second kappa shape index (κ2) is 14.6. The minimum absolute atomic E-state index is 0.0296. The molecular weight excluding hydrogens is 610 g/mol. The second-order valence-corrected chi connectivity index (χ2v) is 13.9. The van der Waals surface area contributed by atoms with Crippen molar-refractivity contribution in [2.75, 3.05) is 64.3 Å². The number of benzene rings is 2. The number of para-hydroxylation sites is 1. The van der Waals surface area contributed by atoms with E-state index in [1.54, 1.807) is 4.90 Å². The molecule has 3 fully saturated rings. The first kappa shape index (κ1) is 32.6. The van der Waals surface area contributed by atoms with Gasteiger partial charge in [-0.15, -0.1) is 0 Å². The molecule has 1 atom stereocenters. The van der Waals surface area contributed by atoms with E-state index in [9.17, 15) is 14.4 Å². The highest BCUT2D eigenvalue weighted by Gasteiger charge is 2.36. The van der Waals surface area contributed by atoms with Crippen LogP contribution in [0.4, 0.5) is 15.3 Å². The number of piperidine rings is 1. The van der Waals surface area contributed by atoms with E-state index < -0.39 is 12.2 Å². The number of nitrogens with zero attached hydrogens (tertiary/aromatic N) is 4. The Morgan fingerprint density at radius 1 is 0.875 bits per heavy atom. The van der Waals surface area contributed by atoms with Crippen LogP contribution in [0.15, 0.2) is 36.4 Å². The summed E-state index contributed by atoms with van der Waals surface area (Å²) in [5, 5.41) is 3.06. The average molecular weight is 660 g/mol. The molecule has 4 aliphatic heterocycles. The SMILES string of the molecule is Cc1cc(CC(OC(=O)N2CCC(N3CCc4ccccc4NC3=O)CC2)C(=O)N2CCN(C3CCCCC3)CC2)cc2c1OCCO2. The number of ether oxygens (including phenoxy) is 3. The molecule has 0 spiro atoms. The molecule has 1 aliphatic carbocycles. The lowest BCUT2D eigenvalue weighted by molar-refractivity contribution is -0.143. The number of hydrogen-bond acceptors (Lipinski definition) is 7. The molecule has 11 nitrogen and oxygen atoms in total. The number of hydrogen-bond donors (Lipinski definition) is 1. The molecule has 5 aliphatic rings. The van der Waals surface area contributed by atoms with Gasteiger partial charge in [-0.3, -0.25) is 9.69 Å². The van der Waals surface area contributed by atoms with Crippen molar-refractivity contribution in [2.45, 2.75) is 82.9 Å². The largest absolute Gasteiger partial charge is 0.486 e. The van der Waals surface area contributed by atoms with Crippen LogP contribution in [0.2, 0.25) is 0 Å². The van der Waals surface area contributed by atoms with Crippen LogP contribution in [0.5, 0.6) is 11.5 Å². The van der Waals surface area contributed by atoms with Gasteiger partial charge in [-0.1, -0.05) is 43.5 Å². The molecule has 1 saturated carbocycles. The normalized spacial score (nSPS) is 21.6. The number of amides is 4. The number of fused-ring (bicyclic) bond motifs is 2. The fourth-order valence-corrected chi connectivity index (χ4v) is 8.16. The third-order valence-corrected chi connectivity index (χ3v) is 10.8. The number of rotatable bonds is 6. The minimum atomic E-state index is -0.951. The van der Waals surface area contributed by atoms with Crippen molar-refractivity contribution in [2.24, 2.45) is 0 Å². The molecule has 0 radical (unpaired) electrons. The van der Waals surface area contributed by atoms with Crippen molar-refractivity contribution < 1.29 is 28.6 Å². The maximum absolute atomic E-state index is 14.1. The number of likely N-dealkylation sites (tertiary alicyclic amines) is 1. The van der Waals surface area contributed by atoms with E-state index in [2.05, 4.69) is 16.3 Å². The Kier molecular flexibility index (Phi) is 9.93. The van der Waals surface area contributed by atoms with Gasteiger partial charge < -0.3 is 34.2 Å². The Morgan fingerprint density at radius 3 is 2.42 bits per heavy atom. The van der Waals surface area contributed by atoms with Crippen molar-refractivity contribution in [1.82, 2.24) is 19.6 Å². The highest BCUT2D eigenvalue weighted by Crippen LogP contribution is 2.35. The van der Waals surface area contributed by atoms with Gasteiger partial charge in [0.15, 0.2) is 17.6 Å². The molecule has 2 aromatic carbocycles. The van der Waals surface area contributed by atoms with Crippen molar-refractivity contribution in [3.8, 4) is 11.5 Å². The lowest BCUT2D eigenvalue weighted by Gasteiger charge is -2.41. The molecule has 1 N–H and O–H groups in total. The Labute approximate surface area is 283 Å². The highest BCUT2D eigenvalue weighted by atomic mass is 16.6. The molecule has 2 saturated heterocycles. The van der Waals surface area contributed by atoms with Gasteiger partial charge in [-0.05, 0) is 67.9 Å². The van der Waals surface area contributed by atoms with E-state index in [4.69, 9.17) is 14.2 Å². The van der Waals surface area contributed by atoms with E-state index in [-0.39, 0.29) is 24.4 Å². The molecule has 11 heteroatoms. The Bertz CT molecular complexity index is 1480. The highest BCUT2D eigenvalue weighted by molar-refractivity contribution is 5.91. The molecule has 0 bridgehead atoms. The standard InChI is InChI=1S/C37H49N5O6/c1-26-23-27(24-32-34(26)47-22-21-46-32)25-33(35(43)40-19-17-39(18-20-40)29-8-3-2-4-9-29)48-37(45)41-14-12-30(13-15-41)42-16-11-28-7-5-6-10-31(28)38-36(42)44/h5-7,10,23-24,29-30,33H,2-4,8-9,11-22,25H2,1H3,(H,38,44). The third kappa shape index (κ3) is 7.21. The topological polar surface area (TPSA) is 104 Å². The van der Waals surface area contributed by atoms with Crippen LogP contribution < -0.4 is 14.8 Å². The second-order valence-electron chi connectivity index (χ2n) is 13.9. The molecule has 7 rings (SSSR count). The lowest BCUT2D eigenvalue weighted by Crippen LogP contribution is -2.55. The molecule has 258 valence electrons. The number of nitrogens with one attached hydrogen (secondary N) is 1. The predicted octanol–water partition coefficient (Wildman–Crippen LogP) is 4.85. The number of carbonyl (C=O) groups is 3. The molecule has 4 heterocycles. The summed E-state index contributed by atoms with van der Waals surface area (Å²) in [6.45, 7) is 7.48. The molecule has 4 amide bonds. The van der Waals surface area contributed by atoms with Crippen molar-refractivity contribution in [3.05, 3.63) is 53.1 Å². The van der Waals surface area contributed by atoms with Crippen molar-refractivity contribution in [1.29, 1.82) is 0 Å². The van der Waals surface area contributed by atoms with E-state index in [0.717, 1.165) is 47.6 Å². The summed E-state index contributed by atoms with van der Waals surface area (Å²) >= 11 is 0. The maximum atomic E-state index is 14.1. The fourth-order valence-electron chi connectivity index (χ4n) is 8.16. The first-order valence-corrected chi connectivity index (χ1v) is 18.0. The Hall–Kier alpha value is -3.99. The zero-order chi connectivity index (χ0) is 33.0. The lowest BCUT2D eigenvalue weighted by atomic mass is 9.94. The van der Waals surface area contributed by atoms with Crippen LogP contribution in [0, 0.1) is 6.92 Å². The van der Waals surface area contributed by atoms with E-state index in [1.807, 2.05) is 47.1 Å². The summed E-state index contributed by atoms with van der Waals surface area (Å²) in [6, 6.07) is 12.4. The van der Waals surface area contributed by atoms with Gasteiger partial charge in [0.25, 0.3) is 5.91 Å². The molecule has 48 heavy (non-hydrogen) atoms. The van der Waals surface area contributed by atoms with Gasteiger partial charge in [-0.25, -0.2) is 9.59 Å². The average Bonchev–Trinajstić information content (AvgIpc) is 3.29. The van der Waals surface area contributed by atoms with Gasteiger partial charge in [0, 0.05) is 70.0 Å². The number of piperazine rings is 1. The van der Waals surface area contributed by atoms with Gasteiger partial charge in [0.1, 0.15) is 13.2 Å². The number of aryl methyl sites for hydroxylation is 1. The summed E-state index contributed by atoms with van der Waals surface area (Å²) in [5.41, 5.74) is 3.80. The number of carbonyl (C=O) groups excluding carboxylic acids is 3. The van der Waals surface area contributed by atoms with E-state index in [0.29, 0.717) is 70.6 Å². The first-order valence-electron chi connectivity index (χ1n) is 18.0. The minimum Gasteiger partial charge on any atom is -0.486 e. The van der Waals surface area contributed by atoms with Crippen molar-refractivity contribution in [3.63, 3.8) is 0 Å². The zero-order valence-electron chi connectivity index (χ0n) is 28.2. The summed E-state index contributed by atoms with van der Waals surface area (Å²) in [7, 11) is 0. The van der Waals surface area contributed by atoms with Crippen LogP contribution in [0.25, 0.3) is 0 Å². The monoisotopic (exact) mass is 659 g/mol. The van der Waals surface area contributed by atoms with Gasteiger partial charge in [0.2, 0.25) is 0 Å². The molecule has 1 unspecified atom stereocenters. The fraction of sp³-hybridized carbons (Fsp3) is 0.595. The molecular formula is C37H49N5O6. The Balaban J connectivity index is 1.00. The zero-order valence-corrected chi connectivity index (χ0v) is 28.2.